The topological polar surface area (TPSA) is 60.9 Å². The van der Waals surface area contributed by atoms with E-state index in [1.807, 2.05) is 30.3 Å². The minimum Gasteiger partial charge on any atom is -0.380 e. The van der Waals surface area contributed by atoms with Crippen molar-refractivity contribution in [2.24, 2.45) is 0 Å². The maximum absolute atomic E-state index is 12.5. The lowest BCUT2D eigenvalue weighted by molar-refractivity contribution is -0.181. The fraction of sp³-hybridized carbons (Fsp3) is 0.222. The molecule has 1 saturated heterocycles. The number of β-lactam (4-membered cyclic amide) rings is 1. The van der Waals surface area contributed by atoms with Crippen molar-refractivity contribution < 1.29 is 14.7 Å². The predicted octanol–water partition coefficient (Wildman–Crippen LogP) is 1.76. The molecule has 2 atom stereocenters. The zero-order chi connectivity index (χ0) is 17.1. The lowest BCUT2D eigenvalue weighted by atomic mass is 9.70. The van der Waals surface area contributed by atoms with Crippen molar-refractivity contribution in [3.63, 3.8) is 0 Å². The van der Waals surface area contributed by atoms with Crippen LogP contribution >= 0.6 is 11.6 Å². The standard InChI is InChI=1S/C18H15ClN2O3/c1-20-14-8-7-12(19)9-13(14)18(11-5-3-2-4-6-11)16(23)17(24)21(18)10-15(20)22/h2-9,16,23H,10H2,1H3/t16-,18-/m1/s1. The Hall–Kier alpha value is -2.37. The van der Waals surface area contributed by atoms with Crippen molar-refractivity contribution in [1.29, 1.82) is 0 Å². The highest BCUT2D eigenvalue weighted by Crippen LogP contribution is 2.51. The summed E-state index contributed by atoms with van der Waals surface area (Å²) in [4.78, 5) is 27.8. The average Bonchev–Trinajstić information content (AvgIpc) is 2.68. The van der Waals surface area contributed by atoms with Gasteiger partial charge in [-0.05, 0) is 23.8 Å². The third-order valence-corrected chi connectivity index (χ3v) is 5.17. The summed E-state index contributed by atoms with van der Waals surface area (Å²) in [6, 6.07) is 14.4. The van der Waals surface area contributed by atoms with Crippen molar-refractivity contribution in [2.45, 2.75) is 11.6 Å². The molecule has 2 aliphatic rings. The number of fused-ring (bicyclic) bond motifs is 3. The first-order valence-corrected chi connectivity index (χ1v) is 7.97. The van der Waals surface area contributed by atoms with E-state index in [1.165, 1.54) is 9.80 Å². The molecule has 5 nitrogen and oxygen atoms in total. The van der Waals surface area contributed by atoms with Gasteiger partial charge < -0.3 is 14.9 Å². The molecule has 4 rings (SSSR count). The van der Waals surface area contributed by atoms with Crippen LogP contribution in [0.25, 0.3) is 0 Å². The second-order valence-electron chi connectivity index (χ2n) is 6.07. The summed E-state index contributed by atoms with van der Waals surface area (Å²) in [7, 11) is 1.66. The Morgan fingerprint density at radius 1 is 1.17 bits per heavy atom. The highest BCUT2D eigenvalue weighted by Gasteiger charge is 2.64. The molecule has 1 fully saturated rings. The van der Waals surface area contributed by atoms with E-state index in [9.17, 15) is 14.7 Å². The maximum atomic E-state index is 12.5. The van der Waals surface area contributed by atoms with Crippen LogP contribution in [0.4, 0.5) is 5.69 Å². The molecule has 0 radical (unpaired) electrons. The molecule has 0 unspecified atom stereocenters. The van der Waals surface area contributed by atoms with Crippen molar-refractivity contribution in [3.05, 3.63) is 64.7 Å². The van der Waals surface area contributed by atoms with Crippen LogP contribution in [0.15, 0.2) is 48.5 Å². The van der Waals surface area contributed by atoms with Gasteiger partial charge in [0.05, 0.1) is 0 Å². The normalized spacial score (nSPS) is 25.7. The van der Waals surface area contributed by atoms with Gasteiger partial charge in [-0.25, -0.2) is 0 Å². The number of anilines is 1. The number of nitrogens with zero attached hydrogens (tertiary/aromatic N) is 2. The van der Waals surface area contributed by atoms with Crippen molar-refractivity contribution in [3.8, 4) is 0 Å². The molecule has 0 saturated carbocycles. The Bertz CT molecular complexity index is 855. The fourth-order valence-corrected chi connectivity index (χ4v) is 3.89. The van der Waals surface area contributed by atoms with Crippen LogP contribution in [-0.2, 0) is 15.1 Å². The number of rotatable bonds is 1. The van der Waals surface area contributed by atoms with E-state index >= 15 is 0 Å². The van der Waals surface area contributed by atoms with Gasteiger partial charge in [0.1, 0.15) is 12.1 Å². The number of hydrogen-bond acceptors (Lipinski definition) is 3. The van der Waals surface area contributed by atoms with Gasteiger partial charge in [0.25, 0.3) is 5.91 Å². The van der Waals surface area contributed by atoms with Crippen LogP contribution < -0.4 is 4.90 Å². The number of carbonyl (C=O) groups is 2. The minimum atomic E-state index is -1.25. The largest absolute Gasteiger partial charge is 0.380 e. The molecule has 1 N–H and O–H groups in total. The number of halogens is 1. The first-order valence-electron chi connectivity index (χ1n) is 7.59. The Kier molecular flexibility index (Phi) is 3.20. The Morgan fingerprint density at radius 3 is 2.58 bits per heavy atom. The zero-order valence-electron chi connectivity index (χ0n) is 12.9. The number of hydrogen-bond donors (Lipinski definition) is 1. The summed E-state index contributed by atoms with van der Waals surface area (Å²) in [6.07, 6.45) is -1.25. The van der Waals surface area contributed by atoms with E-state index < -0.39 is 17.6 Å². The van der Waals surface area contributed by atoms with Gasteiger partial charge in [0.15, 0.2) is 6.10 Å². The molecular weight excluding hydrogens is 328 g/mol. The molecule has 0 spiro atoms. The molecule has 2 aromatic rings. The second-order valence-corrected chi connectivity index (χ2v) is 6.51. The van der Waals surface area contributed by atoms with E-state index in [0.717, 1.165) is 5.56 Å². The zero-order valence-corrected chi connectivity index (χ0v) is 13.7. The fourth-order valence-electron chi connectivity index (χ4n) is 3.72. The second kappa shape index (κ2) is 5.06. The number of likely N-dealkylation sites (N-methyl/N-ethyl adjacent to an activating group) is 1. The molecule has 0 bridgehead atoms. The van der Waals surface area contributed by atoms with E-state index in [1.54, 1.807) is 25.2 Å². The molecule has 2 amide bonds. The molecule has 0 aliphatic carbocycles. The van der Waals surface area contributed by atoms with Crippen LogP contribution in [0.1, 0.15) is 11.1 Å². The summed E-state index contributed by atoms with van der Waals surface area (Å²) in [5.41, 5.74) is 0.951. The SMILES string of the molecule is CN1C(=O)CN2C(=O)[C@@H](O)[C@@]2(c2ccccc2)c2cc(Cl)ccc21. The van der Waals surface area contributed by atoms with Crippen LogP contribution in [0.2, 0.25) is 5.02 Å². The highest BCUT2D eigenvalue weighted by atomic mass is 35.5. The number of aliphatic hydroxyl groups is 1. The van der Waals surface area contributed by atoms with Gasteiger partial charge in [-0.2, -0.15) is 0 Å². The molecule has 6 heteroatoms. The summed E-state index contributed by atoms with van der Waals surface area (Å²) in [5.74, 6) is -0.662. The van der Waals surface area contributed by atoms with Gasteiger partial charge >= 0.3 is 0 Å². The van der Waals surface area contributed by atoms with Crippen LogP contribution in [-0.4, -0.2) is 41.5 Å². The van der Waals surface area contributed by atoms with Gasteiger partial charge in [-0.15, -0.1) is 0 Å². The molecule has 0 aromatic heterocycles. The Balaban J connectivity index is 2.07. The van der Waals surface area contributed by atoms with E-state index in [2.05, 4.69) is 0 Å². The first-order chi connectivity index (χ1) is 11.5. The van der Waals surface area contributed by atoms with E-state index in [0.29, 0.717) is 16.3 Å². The number of aliphatic hydroxyl groups excluding tert-OH is 1. The summed E-state index contributed by atoms with van der Waals surface area (Å²) >= 11 is 6.20. The van der Waals surface area contributed by atoms with Gasteiger partial charge in [0, 0.05) is 23.3 Å². The predicted molar refractivity (Wildman–Crippen MR) is 89.8 cm³/mol. The van der Waals surface area contributed by atoms with Gasteiger partial charge in [-0.1, -0.05) is 41.9 Å². The number of amides is 2. The highest BCUT2D eigenvalue weighted by molar-refractivity contribution is 6.30. The molecule has 122 valence electrons. The quantitative estimate of drug-likeness (QED) is 0.803. The minimum absolute atomic E-state index is 0.0897. The third-order valence-electron chi connectivity index (χ3n) is 4.93. The summed E-state index contributed by atoms with van der Waals surface area (Å²) in [6.45, 7) is -0.0897. The van der Waals surface area contributed by atoms with Crippen LogP contribution in [0.5, 0.6) is 0 Å². The maximum Gasteiger partial charge on any atom is 0.256 e. The molecule has 2 heterocycles. The Labute approximate surface area is 144 Å². The lowest BCUT2D eigenvalue weighted by Gasteiger charge is -2.55. The summed E-state index contributed by atoms with van der Waals surface area (Å²) < 4.78 is 0. The number of carbonyl (C=O) groups excluding carboxylic acids is 2. The third kappa shape index (κ3) is 1.74. The summed E-state index contributed by atoms with van der Waals surface area (Å²) in [5, 5.41) is 11.2. The van der Waals surface area contributed by atoms with Crippen molar-refractivity contribution in [1.82, 2.24) is 4.90 Å². The van der Waals surface area contributed by atoms with Crippen molar-refractivity contribution >= 4 is 29.1 Å². The number of benzene rings is 2. The van der Waals surface area contributed by atoms with Crippen molar-refractivity contribution in [2.75, 3.05) is 18.5 Å². The molecular formula is C18H15ClN2O3. The van der Waals surface area contributed by atoms with E-state index in [-0.39, 0.29) is 12.5 Å². The van der Waals surface area contributed by atoms with Gasteiger partial charge in [-0.3, -0.25) is 9.59 Å². The monoisotopic (exact) mass is 342 g/mol. The Morgan fingerprint density at radius 2 is 1.88 bits per heavy atom. The smallest absolute Gasteiger partial charge is 0.256 e. The van der Waals surface area contributed by atoms with Crippen LogP contribution in [0, 0.1) is 0 Å². The first kappa shape index (κ1) is 15.2. The van der Waals surface area contributed by atoms with Gasteiger partial charge in [0.2, 0.25) is 5.91 Å². The average molecular weight is 343 g/mol. The van der Waals surface area contributed by atoms with Crippen LogP contribution in [0.3, 0.4) is 0 Å². The van der Waals surface area contributed by atoms with E-state index in [4.69, 9.17) is 11.6 Å². The molecule has 24 heavy (non-hydrogen) atoms. The molecule has 2 aliphatic heterocycles. The lowest BCUT2D eigenvalue weighted by Crippen LogP contribution is -2.72. The molecule has 2 aromatic carbocycles.